The molecule has 0 radical (unpaired) electrons. The first-order valence-electron chi connectivity index (χ1n) is 14.5. The van der Waals surface area contributed by atoms with E-state index in [2.05, 4.69) is 34.8 Å². The first kappa shape index (κ1) is 29.4. The lowest BCUT2D eigenvalue weighted by atomic mass is 9.95. The fourth-order valence-electron chi connectivity index (χ4n) is 5.57. The number of amides is 1. The Kier molecular flexibility index (Phi) is 8.36. The van der Waals surface area contributed by atoms with Crippen molar-refractivity contribution < 1.29 is 9.18 Å². The Morgan fingerprint density at radius 1 is 1.09 bits per heavy atom. The molecule has 1 fully saturated rings. The van der Waals surface area contributed by atoms with Crippen LogP contribution in [-0.2, 0) is 6.54 Å². The Morgan fingerprint density at radius 2 is 1.89 bits per heavy atom. The van der Waals surface area contributed by atoms with Gasteiger partial charge in [-0.1, -0.05) is 36.7 Å². The molecule has 0 saturated carbocycles. The van der Waals surface area contributed by atoms with Crippen LogP contribution in [0.2, 0.25) is 5.02 Å². The summed E-state index contributed by atoms with van der Waals surface area (Å²) in [7, 11) is 0. The van der Waals surface area contributed by atoms with E-state index in [0.29, 0.717) is 57.8 Å². The highest BCUT2D eigenvalue weighted by Gasteiger charge is 2.26. The molecule has 0 bridgehead atoms. The van der Waals surface area contributed by atoms with E-state index in [1.165, 1.54) is 6.07 Å². The zero-order valence-corrected chi connectivity index (χ0v) is 25.1. The molecule has 2 aliphatic heterocycles. The Hall–Kier alpha value is -4.67. The summed E-state index contributed by atoms with van der Waals surface area (Å²) in [6, 6.07) is 19.4. The lowest BCUT2D eigenvalue weighted by molar-refractivity contribution is 0.0968. The van der Waals surface area contributed by atoms with Crippen molar-refractivity contribution in [3.05, 3.63) is 106 Å². The Bertz CT molecular complexity index is 1760. The zero-order chi connectivity index (χ0) is 30.8. The normalized spacial score (nSPS) is 17.5. The second-order valence-corrected chi connectivity index (χ2v) is 11.4. The average molecular weight is 611 g/mol. The van der Waals surface area contributed by atoms with Crippen molar-refractivity contribution in [1.82, 2.24) is 25.5 Å². The molecule has 6 rings (SSSR count). The summed E-state index contributed by atoms with van der Waals surface area (Å²) in [5.41, 5.74) is 4.94. The monoisotopic (exact) mass is 610 g/mol. The molecular weight excluding hydrogens is 579 g/mol. The Morgan fingerprint density at radius 3 is 2.66 bits per heavy atom. The second-order valence-electron chi connectivity index (χ2n) is 11.0. The molecule has 4 aromatic rings. The van der Waals surface area contributed by atoms with Crippen LogP contribution >= 0.6 is 11.6 Å². The quantitative estimate of drug-likeness (QED) is 0.168. The lowest BCUT2D eigenvalue weighted by Gasteiger charge is -2.38. The van der Waals surface area contributed by atoms with Gasteiger partial charge in [-0.2, -0.15) is 0 Å². The number of carbonyl (C=O) groups is 1. The molecule has 3 heterocycles. The summed E-state index contributed by atoms with van der Waals surface area (Å²) < 4.78 is 14.8. The number of benzene rings is 3. The van der Waals surface area contributed by atoms with E-state index in [1.807, 2.05) is 11.0 Å². The minimum Gasteiger partial charge on any atom is -0.340 e. The predicted octanol–water partition coefficient (Wildman–Crippen LogP) is 5.77. The zero-order valence-electron chi connectivity index (χ0n) is 24.4. The first-order chi connectivity index (χ1) is 21.3. The number of rotatable bonds is 5. The fourth-order valence-corrected chi connectivity index (χ4v) is 5.74. The van der Waals surface area contributed by atoms with Gasteiger partial charge >= 0.3 is 0 Å². The highest BCUT2D eigenvalue weighted by Crippen LogP contribution is 2.34. The Labute approximate surface area is 260 Å². The maximum absolute atomic E-state index is 14.8. The van der Waals surface area contributed by atoms with Crippen LogP contribution < -0.4 is 16.0 Å². The van der Waals surface area contributed by atoms with E-state index < -0.39 is 0 Å². The number of halogens is 2. The van der Waals surface area contributed by atoms with Crippen molar-refractivity contribution in [3.8, 4) is 11.3 Å². The molecular formula is C33H32ClFN8O. The number of guanidine groups is 1. The van der Waals surface area contributed by atoms with Crippen molar-refractivity contribution in [2.75, 3.05) is 18.4 Å². The van der Waals surface area contributed by atoms with Crippen LogP contribution in [-0.4, -0.2) is 57.6 Å². The molecule has 1 saturated heterocycles. The van der Waals surface area contributed by atoms with E-state index in [9.17, 15) is 9.18 Å². The van der Waals surface area contributed by atoms with Gasteiger partial charge in [0.2, 0.25) is 5.95 Å². The molecule has 1 amide bonds. The van der Waals surface area contributed by atoms with Gasteiger partial charge in [-0.15, -0.1) is 0 Å². The number of piperazine rings is 1. The predicted molar refractivity (Wildman–Crippen MR) is 171 cm³/mol. The smallest absolute Gasteiger partial charge is 0.257 e. The van der Waals surface area contributed by atoms with E-state index in [-0.39, 0.29) is 36.3 Å². The summed E-state index contributed by atoms with van der Waals surface area (Å²) in [5.74, 6) is -0.251. The molecule has 1 aromatic heterocycles. The molecule has 0 spiro atoms. The molecule has 3 aromatic carbocycles. The molecule has 1 unspecified atom stereocenters. The maximum atomic E-state index is 14.8. The minimum atomic E-state index is -0.367. The van der Waals surface area contributed by atoms with Crippen LogP contribution in [0.25, 0.3) is 11.3 Å². The van der Waals surface area contributed by atoms with Gasteiger partial charge in [0.25, 0.3) is 5.91 Å². The molecule has 0 aliphatic carbocycles. The summed E-state index contributed by atoms with van der Waals surface area (Å²) in [6.45, 7) is 5.80. The first-order valence-corrected chi connectivity index (χ1v) is 14.9. The van der Waals surface area contributed by atoms with Crippen molar-refractivity contribution in [2.24, 2.45) is 4.99 Å². The number of hydrogen-bond donors (Lipinski definition) is 4. The van der Waals surface area contributed by atoms with E-state index in [0.717, 1.165) is 17.5 Å². The summed E-state index contributed by atoms with van der Waals surface area (Å²) >= 11 is 6.37. The van der Waals surface area contributed by atoms with Gasteiger partial charge in [-0.25, -0.2) is 14.4 Å². The highest BCUT2D eigenvalue weighted by atomic mass is 35.5. The third-order valence-corrected chi connectivity index (χ3v) is 8.03. The average Bonchev–Trinajstić information content (AvgIpc) is 3.17. The van der Waals surface area contributed by atoms with Crippen LogP contribution in [0.3, 0.4) is 0 Å². The van der Waals surface area contributed by atoms with Crippen molar-refractivity contribution in [1.29, 1.82) is 5.41 Å². The lowest BCUT2D eigenvalue weighted by Crippen LogP contribution is -2.59. The number of nitrogens with one attached hydrogen (secondary N) is 4. The molecule has 2 atom stereocenters. The molecule has 9 nitrogen and oxygen atoms in total. The third kappa shape index (κ3) is 6.17. The van der Waals surface area contributed by atoms with Crippen LogP contribution in [0.5, 0.6) is 0 Å². The minimum absolute atomic E-state index is 0.103. The van der Waals surface area contributed by atoms with Crippen molar-refractivity contribution in [3.63, 3.8) is 0 Å². The van der Waals surface area contributed by atoms with Crippen LogP contribution in [0.4, 0.5) is 16.0 Å². The van der Waals surface area contributed by atoms with E-state index in [1.54, 1.807) is 60.8 Å². The van der Waals surface area contributed by atoms with Crippen molar-refractivity contribution in [2.45, 2.75) is 38.9 Å². The second kappa shape index (κ2) is 12.5. The van der Waals surface area contributed by atoms with Gasteiger partial charge in [-0.05, 0) is 61.9 Å². The number of fused-ring (bicyclic) bond motifs is 3. The number of anilines is 2. The van der Waals surface area contributed by atoms with Gasteiger partial charge in [0, 0.05) is 69.9 Å². The standard InChI is InChI=1S/C33H32ClFN8O/c1-3-23-18-43(17-19(2)39-23)32(36)42-31(44)20-8-11-24(12-9-20)40-33-38-16-21-15-37-30(26-6-4-5-7-28(26)35)27-14-22(34)10-13-25(27)29(21)41-33/h4-14,16,19,23,39H,3,15,17-18H2,1-2H3,(H2,36,42,44)(H,38,40,41)/t19?,23-/m0/s1. The number of aliphatic imine (C=N–C) groups is 1. The van der Waals surface area contributed by atoms with Gasteiger partial charge in [0.1, 0.15) is 5.82 Å². The maximum Gasteiger partial charge on any atom is 0.257 e. The van der Waals surface area contributed by atoms with Crippen molar-refractivity contribution >= 4 is 40.8 Å². The van der Waals surface area contributed by atoms with Crippen LogP contribution in [0, 0.1) is 11.2 Å². The third-order valence-electron chi connectivity index (χ3n) is 7.79. The topological polar surface area (TPSA) is 118 Å². The number of carbonyl (C=O) groups excluding carboxylic acids is 1. The van der Waals surface area contributed by atoms with Gasteiger partial charge in [0.15, 0.2) is 5.96 Å². The molecule has 11 heteroatoms. The van der Waals surface area contributed by atoms with Crippen LogP contribution in [0.1, 0.15) is 47.3 Å². The number of nitrogens with zero attached hydrogens (tertiary/aromatic N) is 4. The van der Waals surface area contributed by atoms with Gasteiger partial charge in [0.05, 0.1) is 18.0 Å². The van der Waals surface area contributed by atoms with Gasteiger partial charge in [-0.3, -0.25) is 20.5 Å². The van der Waals surface area contributed by atoms with Gasteiger partial charge < -0.3 is 15.5 Å². The summed E-state index contributed by atoms with van der Waals surface area (Å²) in [6.07, 6.45) is 2.66. The molecule has 224 valence electrons. The SMILES string of the molecule is CC[C@H]1CN(C(=N)NC(=O)c2ccc(Nc3ncc4c(n3)-c3ccc(Cl)cc3C(c3ccccc3F)=NC4)cc2)CC(C)N1. The van der Waals surface area contributed by atoms with E-state index in [4.69, 9.17) is 27.0 Å². The molecule has 4 N–H and O–H groups in total. The van der Waals surface area contributed by atoms with Crippen LogP contribution in [0.15, 0.2) is 77.9 Å². The largest absolute Gasteiger partial charge is 0.340 e. The summed E-state index contributed by atoms with van der Waals surface area (Å²) in [5, 5.41) is 18.4. The molecule has 44 heavy (non-hydrogen) atoms. The van der Waals surface area contributed by atoms with E-state index >= 15 is 0 Å². The highest BCUT2D eigenvalue weighted by molar-refractivity contribution is 6.31. The number of aromatic nitrogens is 2. The fraction of sp³-hybridized carbons (Fsp3) is 0.242. The Balaban J connectivity index is 1.19. The molecule has 2 aliphatic rings. The number of hydrogen-bond acceptors (Lipinski definition) is 7. The summed E-state index contributed by atoms with van der Waals surface area (Å²) in [4.78, 5) is 28.8.